The number of hydrogen-bond acceptors (Lipinski definition) is 5. The van der Waals surface area contributed by atoms with Crippen LogP contribution in [0.3, 0.4) is 0 Å². The van der Waals surface area contributed by atoms with Gasteiger partial charge in [0, 0.05) is 22.7 Å². The fourth-order valence-electron chi connectivity index (χ4n) is 1.47. The highest BCUT2D eigenvalue weighted by Gasteiger charge is 2.09. The molecule has 0 saturated carbocycles. The van der Waals surface area contributed by atoms with E-state index in [1.165, 1.54) is 18.3 Å². The lowest BCUT2D eigenvalue weighted by Gasteiger charge is -2.01. The highest BCUT2D eigenvalue weighted by atomic mass is 32.1. The lowest BCUT2D eigenvalue weighted by atomic mass is 10.1. The number of nitrogens with zero attached hydrogens (tertiary/aromatic N) is 2. The van der Waals surface area contributed by atoms with Crippen LogP contribution in [0, 0.1) is 11.3 Å². The molecule has 1 amide bonds. The fraction of sp³-hybridized carbons (Fsp3) is 0. The molecular weight excluding hydrogens is 290 g/mol. The van der Waals surface area contributed by atoms with E-state index in [1.54, 1.807) is 18.2 Å². The van der Waals surface area contributed by atoms with Gasteiger partial charge >= 0.3 is 5.97 Å². The zero-order valence-corrected chi connectivity index (χ0v) is 11.4. The number of carboxylic acid groups (broad SMARTS) is 1. The Hall–Kier alpha value is -2.98. The number of rotatable bonds is 4. The maximum Gasteiger partial charge on any atom is 0.328 e. The summed E-state index contributed by atoms with van der Waals surface area (Å²) < 4.78 is 0. The van der Waals surface area contributed by atoms with E-state index in [2.05, 4.69) is 10.3 Å². The second-order valence-corrected chi connectivity index (χ2v) is 4.95. The van der Waals surface area contributed by atoms with Crippen LogP contribution in [0.5, 0.6) is 0 Å². The minimum atomic E-state index is -1.05. The first-order valence-corrected chi connectivity index (χ1v) is 6.58. The summed E-state index contributed by atoms with van der Waals surface area (Å²) in [5.41, 5.74) is 0.749. The van der Waals surface area contributed by atoms with Crippen molar-refractivity contribution in [3.63, 3.8) is 0 Å². The van der Waals surface area contributed by atoms with Crippen molar-refractivity contribution in [1.29, 1.82) is 5.26 Å². The van der Waals surface area contributed by atoms with Gasteiger partial charge in [-0.25, -0.2) is 9.78 Å². The number of aromatic nitrogens is 1. The number of carbonyl (C=O) groups excluding carboxylic acids is 1. The quantitative estimate of drug-likeness (QED) is 0.843. The molecule has 2 rings (SSSR count). The molecule has 2 N–H and O–H groups in total. The third-order valence-electron chi connectivity index (χ3n) is 2.39. The summed E-state index contributed by atoms with van der Waals surface area (Å²) in [6, 6.07) is 8.26. The third kappa shape index (κ3) is 3.99. The Balaban J connectivity index is 2.09. The molecule has 1 aromatic carbocycles. The van der Waals surface area contributed by atoms with Crippen LogP contribution in [-0.2, 0) is 4.79 Å². The lowest BCUT2D eigenvalue weighted by molar-refractivity contribution is -0.131. The van der Waals surface area contributed by atoms with Gasteiger partial charge in [0.2, 0.25) is 0 Å². The average molecular weight is 299 g/mol. The van der Waals surface area contributed by atoms with E-state index >= 15 is 0 Å². The predicted octanol–water partition coefficient (Wildman–Crippen LogP) is 2.36. The summed E-state index contributed by atoms with van der Waals surface area (Å²) in [5, 5.41) is 20.3. The van der Waals surface area contributed by atoms with E-state index in [4.69, 9.17) is 10.4 Å². The van der Waals surface area contributed by atoms with E-state index in [-0.39, 0.29) is 5.91 Å². The molecule has 0 aliphatic carbocycles. The summed E-state index contributed by atoms with van der Waals surface area (Å²) in [7, 11) is 0. The van der Waals surface area contributed by atoms with Crippen LogP contribution in [0.1, 0.15) is 20.8 Å². The first-order valence-electron chi connectivity index (χ1n) is 5.77. The van der Waals surface area contributed by atoms with Crippen molar-refractivity contribution in [3.05, 3.63) is 52.5 Å². The molecule has 0 saturated heterocycles. The lowest BCUT2D eigenvalue weighted by Crippen LogP contribution is -2.11. The minimum absolute atomic E-state index is 0.354. The molecule has 104 valence electrons. The van der Waals surface area contributed by atoms with Crippen molar-refractivity contribution in [2.45, 2.75) is 0 Å². The molecule has 7 heteroatoms. The molecule has 6 nitrogen and oxygen atoms in total. The molecule has 0 bridgehead atoms. The Morgan fingerprint density at radius 1 is 1.43 bits per heavy atom. The molecule has 0 unspecified atom stereocenters. The maximum absolute atomic E-state index is 12.0. The average Bonchev–Trinajstić information content (AvgIpc) is 2.92. The minimum Gasteiger partial charge on any atom is -0.478 e. The number of amides is 1. The van der Waals surface area contributed by atoms with Crippen molar-refractivity contribution in [1.82, 2.24) is 4.98 Å². The van der Waals surface area contributed by atoms with E-state index in [0.717, 1.165) is 17.4 Å². The van der Waals surface area contributed by atoms with Crippen LogP contribution in [0.15, 0.2) is 36.5 Å². The molecule has 0 spiro atoms. The van der Waals surface area contributed by atoms with E-state index < -0.39 is 5.97 Å². The predicted molar refractivity (Wildman–Crippen MR) is 77.9 cm³/mol. The number of anilines is 1. The summed E-state index contributed by atoms with van der Waals surface area (Å²) in [6.45, 7) is 0. The van der Waals surface area contributed by atoms with Crippen LogP contribution >= 0.6 is 11.3 Å². The Bertz CT molecular complexity index is 759. The maximum atomic E-state index is 12.0. The number of hydrogen-bond donors (Lipinski definition) is 2. The number of aliphatic carboxylic acids is 1. The Labute approximate surface area is 124 Å². The Morgan fingerprint density at radius 2 is 2.24 bits per heavy atom. The summed E-state index contributed by atoms with van der Waals surface area (Å²) in [4.78, 5) is 27.0. The zero-order chi connectivity index (χ0) is 15.2. The number of nitrogens with one attached hydrogen (secondary N) is 1. The van der Waals surface area contributed by atoms with Gasteiger partial charge in [-0.1, -0.05) is 17.4 Å². The second kappa shape index (κ2) is 6.45. The first kappa shape index (κ1) is 14.4. The number of carbonyl (C=O) groups is 2. The molecule has 1 aromatic heterocycles. The number of thiazole rings is 1. The largest absolute Gasteiger partial charge is 0.478 e. The van der Waals surface area contributed by atoms with Crippen molar-refractivity contribution in [2.75, 3.05) is 5.32 Å². The fourth-order valence-corrected chi connectivity index (χ4v) is 2.19. The van der Waals surface area contributed by atoms with Crippen LogP contribution in [0.2, 0.25) is 0 Å². The summed E-state index contributed by atoms with van der Waals surface area (Å²) in [6.07, 6.45) is 3.85. The monoisotopic (exact) mass is 299 g/mol. The highest BCUT2D eigenvalue weighted by molar-refractivity contribution is 7.16. The molecule has 2 aromatic rings. The van der Waals surface area contributed by atoms with Crippen LogP contribution < -0.4 is 5.32 Å². The van der Waals surface area contributed by atoms with E-state index in [1.807, 2.05) is 6.07 Å². The van der Waals surface area contributed by atoms with Gasteiger partial charge in [0.1, 0.15) is 0 Å². The van der Waals surface area contributed by atoms with Gasteiger partial charge in [0.25, 0.3) is 5.91 Å². The molecule has 0 aliphatic heterocycles. The van der Waals surface area contributed by atoms with E-state index in [0.29, 0.717) is 21.1 Å². The van der Waals surface area contributed by atoms with Gasteiger partial charge in [-0.3, -0.25) is 10.1 Å². The van der Waals surface area contributed by atoms with Crippen LogP contribution in [-0.4, -0.2) is 22.0 Å². The summed E-state index contributed by atoms with van der Waals surface area (Å²) in [5.74, 6) is -1.43. The molecule has 1 heterocycles. The SMILES string of the molecule is N#Cc1cccc(C(=O)Nc2ncc(C=CC(=O)O)s2)c1. The van der Waals surface area contributed by atoms with Gasteiger partial charge in [-0.05, 0) is 24.3 Å². The van der Waals surface area contributed by atoms with Crippen molar-refractivity contribution in [3.8, 4) is 6.07 Å². The number of benzene rings is 1. The number of carboxylic acids is 1. The van der Waals surface area contributed by atoms with Crippen LogP contribution in [0.4, 0.5) is 5.13 Å². The van der Waals surface area contributed by atoms with Crippen molar-refractivity contribution >= 4 is 34.4 Å². The summed E-state index contributed by atoms with van der Waals surface area (Å²) >= 11 is 1.15. The van der Waals surface area contributed by atoms with Crippen molar-refractivity contribution < 1.29 is 14.7 Å². The molecular formula is C14H9N3O3S. The molecule has 0 fully saturated rings. The van der Waals surface area contributed by atoms with Gasteiger partial charge in [-0.2, -0.15) is 5.26 Å². The number of nitriles is 1. The standard InChI is InChI=1S/C14H9N3O3S/c15-7-9-2-1-3-10(6-9)13(20)17-14-16-8-11(21-14)4-5-12(18)19/h1-6,8H,(H,18,19)(H,16,17,20). The molecule has 0 aliphatic rings. The second-order valence-electron chi connectivity index (χ2n) is 3.89. The topological polar surface area (TPSA) is 103 Å². The smallest absolute Gasteiger partial charge is 0.328 e. The van der Waals surface area contributed by atoms with Gasteiger partial charge in [0.15, 0.2) is 5.13 Å². The first-order chi connectivity index (χ1) is 10.1. The highest BCUT2D eigenvalue weighted by Crippen LogP contribution is 2.20. The van der Waals surface area contributed by atoms with Crippen LogP contribution in [0.25, 0.3) is 6.08 Å². The third-order valence-corrected chi connectivity index (χ3v) is 3.27. The zero-order valence-electron chi connectivity index (χ0n) is 10.6. The molecule has 0 atom stereocenters. The molecule has 0 radical (unpaired) electrons. The normalized spacial score (nSPS) is 10.2. The van der Waals surface area contributed by atoms with Gasteiger partial charge in [0.05, 0.1) is 11.6 Å². The van der Waals surface area contributed by atoms with Gasteiger partial charge in [-0.15, -0.1) is 0 Å². The van der Waals surface area contributed by atoms with Gasteiger partial charge < -0.3 is 5.11 Å². The molecule has 21 heavy (non-hydrogen) atoms. The Kier molecular flexibility index (Phi) is 4.43. The van der Waals surface area contributed by atoms with Crippen molar-refractivity contribution in [2.24, 2.45) is 0 Å². The Morgan fingerprint density at radius 3 is 2.95 bits per heavy atom. The van der Waals surface area contributed by atoms with E-state index in [9.17, 15) is 9.59 Å².